The lowest BCUT2D eigenvalue weighted by Crippen LogP contribution is -2.05. The summed E-state index contributed by atoms with van der Waals surface area (Å²) in [5.41, 5.74) is 1.05. The highest BCUT2D eigenvalue weighted by molar-refractivity contribution is 5.89. The summed E-state index contributed by atoms with van der Waals surface area (Å²) in [6, 6.07) is 4.95. The zero-order chi connectivity index (χ0) is 11.5. The van der Waals surface area contributed by atoms with Crippen molar-refractivity contribution in [3.05, 3.63) is 29.3 Å². The van der Waals surface area contributed by atoms with E-state index >= 15 is 0 Å². The Balaban J connectivity index is 2.22. The molecule has 0 unspecified atom stereocenters. The predicted molar refractivity (Wildman–Crippen MR) is 57.4 cm³/mol. The minimum Gasteiger partial charge on any atom is -0.490 e. The fourth-order valence-electron chi connectivity index (χ4n) is 1.43. The number of carbonyl (C=O) groups is 1. The molecular weight excluding hydrogens is 208 g/mol. The van der Waals surface area contributed by atoms with E-state index in [0.29, 0.717) is 16.9 Å². The molecule has 0 aromatic heterocycles. The summed E-state index contributed by atoms with van der Waals surface area (Å²) in [6.45, 7) is -0.146. The van der Waals surface area contributed by atoms with Crippen molar-refractivity contribution in [1.29, 1.82) is 0 Å². The summed E-state index contributed by atoms with van der Waals surface area (Å²) < 4.78 is 10.2. The Morgan fingerprint density at radius 3 is 2.81 bits per heavy atom. The number of hydrogen-bond acceptors (Lipinski definition) is 4. The summed E-state index contributed by atoms with van der Waals surface area (Å²) in [4.78, 5) is 11.3. The van der Waals surface area contributed by atoms with Crippen LogP contribution < -0.4 is 4.74 Å². The van der Waals surface area contributed by atoms with Gasteiger partial charge in [0.25, 0.3) is 0 Å². The van der Waals surface area contributed by atoms with Gasteiger partial charge in [-0.25, -0.2) is 4.79 Å². The largest absolute Gasteiger partial charge is 0.490 e. The zero-order valence-corrected chi connectivity index (χ0v) is 9.10. The SMILES string of the molecule is COC(=O)c1ccc(OC2CC2)c(CO)c1. The highest BCUT2D eigenvalue weighted by Gasteiger charge is 2.24. The van der Waals surface area contributed by atoms with Crippen LogP contribution in [0.15, 0.2) is 18.2 Å². The van der Waals surface area contributed by atoms with Crippen molar-refractivity contribution >= 4 is 5.97 Å². The van der Waals surface area contributed by atoms with Crippen LogP contribution in [0.4, 0.5) is 0 Å². The predicted octanol–water partition coefficient (Wildman–Crippen LogP) is 1.51. The number of aliphatic hydroxyl groups excluding tert-OH is 1. The Morgan fingerprint density at radius 2 is 2.25 bits per heavy atom. The second-order valence-electron chi connectivity index (χ2n) is 3.79. The van der Waals surface area contributed by atoms with E-state index in [0.717, 1.165) is 12.8 Å². The molecule has 16 heavy (non-hydrogen) atoms. The minimum atomic E-state index is -0.410. The molecular formula is C12H14O4. The van der Waals surface area contributed by atoms with Gasteiger partial charge in [-0.3, -0.25) is 0 Å². The van der Waals surface area contributed by atoms with Gasteiger partial charge in [-0.05, 0) is 31.0 Å². The molecule has 4 nitrogen and oxygen atoms in total. The molecule has 1 aliphatic rings. The Morgan fingerprint density at radius 1 is 1.50 bits per heavy atom. The van der Waals surface area contributed by atoms with Gasteiger partial charge in [0.1, 0.15) is 5.75 Å². The normalized spacial score (nSPS) is 14.6. The number of ether oxygens (including phenoxy) is 2. The fourth-order valence-corrected chi connectivity index (χ4v) is 1.43. The molecule has 0 bridgehead atoms. The molecule has 1 aromatic rings. The number of aliphatic hydroxyl groups is 1. The van der Waals surface area contributed by atoms with Gasteiger partial charge in [0.15, 0.2) is 0 Å². The third kappa shape index (κ3) is 2.33. The molecule has 0 aliphatic heterocycles. The van der Waals surface area contributed by atoms with E-state index in [4.69, 9.17) is 4.74 Å². The number of benzene rings is 1. The van der Waals surface area contributed by atoms with Crippen LogP contribution in [0.2, 0.25) is 0 Å². The van der Waals surface area contributed by atoms with Crippen molar-refractivity contribution in [3.8, 4) is 5.75 Å². The molecule has 86 valence electrons. The number of hydrogen-bond donors (Lipinski definition) is 1. The zero-order valence-electron chi connectivity index (χ0n) is 9.10. The fraction of sp³-hybridized carbons (Fsp3) is 0.417. The Kier molecular flexibility index (Phi) is 3.10. The van der Waals surface area contributed by atoms with E-state index in [1.54, 1.807) is 18.2 Å². The highest BCUT2D eigenvalue weighted by Crippen LogP contribution is 2.29. The van der Waals surface area contributed by atoms with Crippen LogP contribution >= 0.6 is 0 Å². The molecule has 1 aliphatic carbocycles. The van der Waals surface area contributed by atoms with Crippen LogP contribution in [-0.4, -0.2) is 24.3 Å². The first kappa shape index (κ1) is 11.0. The van der Waals surface area contributed by atoms with Crippen LogP contribution in [0.25, 0.3) is 0 Å². The molecule has 1 saturated carbocycles. The molecule has 0 amide bonds. The Hall–Kier alpha value is -1.55. The second kappa shape index (κ2) is 4.53. The average molecular weight is 222 g/mol. The minimum absolute atomic E-state index is 0.146. The topological polar surface area (TPSA) is 55.8 Å². The summed E-state index contributed by atoms with van der Waals surface area (Å²) in [5, 5.41) is 9.20. The van der Waals surface area contributed by atoms with E-state index in [2.05, 4.69) is 4.74 Å². The van der Waals surface area contributed by atoms with Gasteiger partial charge in [0.2, 0.25) is 0 Å². The van der Waals surface area contributed by atoms with Gasteiger partial charge in [-0.1, -0.05) is 0 Å². The molecule has 0 spiro atoms. The van der Waals surface area contributed by atoms with Crippen molar-refractivity contribution in [2.24, 2.45) is 0 Å². The third-order valence-electron chi connectivity index (χ3n) is 2.47. The molecule has 4 heteroatoms. The lowest BCUT2D eigenvalue weighted by molar-refractivity contribution is 0.0600. The van der Waals surface area contributed by atoms with Crippen LogP contribution in [-0.2, 0) is 11.3 Å². The molecule has 1 N–H and O–H groups in total. The summed E-state index contributed by atoms with van der Waals surface area (Å²) in [7, 11) is 1.33. The number of rotatable bonds is 4. The molecule has 2 rings (SSSR count). The van der Waals surface area contributed by atoms with Gasteiger partial charge in [0, 0.05) is 5.56 Å². The summed E-state index contributed by atoms with van der Waals surface area (Å²) in [5.74, 6) is 0.241. The average Bonchev–Trinajstić information content (AvgIpc) is 3.12. The maximum absolute atomic E-state index is 11.3. The van der Waals surface area contributed by atoms with Gasteiger partial charge in [-0.15, -0.1) is 0 Å². The molecule has 1 fully saturated rings. The highest BCUT2D eigenvalue weighted by atomic mass is 16.5. The molecule has 0 radical (unpaired) electrons. The first-order chi connectivity index (χ1) is 7.74. The van der Waals surface area contributed by atoms with Crippen LogP contribution in [0.1, 0.15) is 28.8 Å². The van der Waals surface area contributed by atoms with Gasteiger partial charge in [0.05, 0.1) is 25.4 Å². The lowest BCUT2D eigenvalue weighted by atomic mass is 10.1. The maximum atomic E-state index is 11.3. The van der Waals surface area contributed by atoms with Crippen molar-refractivity contribution in [3.63, 3.8) is 0 Å². The Bertz CT molecular complexity index is 396. The van der Waals surface area contributed by atoms with Crippen molar-refractivity contribution in [2.75, 3.05) is 7.11 Å². The number of esters is 1. The van der Waals surface area contributed by atoms with E-state index in [1.807, 2.05) is 0 Å². The first-order valence-electron chi connectivity index (χ1n) is 5.23. The maximum Gasteiger partial charge on any atom is 0.337 e. The lowest BCUT2D eigenvalue weighted by Gasteiger charge is -2.10. The third-order valence-corrected chi connectivity index (χ3v) is 2.47. The van der Waals surface area contributed by atoms with Crippen molar-refractivity contribution in [2.45, 2.75) is 25.6 Å². The van der Waals surface area contributed by atoms with Crippen molar-refractivity contribution < 1.29 is 19.4 Å². The standard InChI is InChI=1S/C12H14O4/c1-15-12(14)8-2-5-11(9(6-8)7-13)16-10-3-4-10/h2,5-6,10,13H,3-4,7H2,1H3. The van der Waals surface area contributed by atoms with E-state index in [-0.39, 0.29) is 12.7 Å². The first-order valence-corrected chi connectivity index (χ1v) is 5.23. The molecule has 1 aromatic carbocycles. The van der Waals surface area contributed by atoms with Crippen LogP contribution in [0.5, 0.6) is 5.75 Å². The van der Waals surface area contributed by atoms with Crippen LogP contribution in [0.3, 0.4) is 0 Å². The number of carbonyl (C=O) groups excluding carboxylic acids is 1. The molecule has 0 heterocycles. The quantitative estimate of drug-likeness (QED) is 0.784. The van der Waals surface area contributed by atoms with Gasteiger partial charge >= 0.3 is 5.97 Å². The van der Waals surface area contributed by atoms with E-state index in [9.17, 15) is 9.90 Å². The molecule has 0 saturated heterocycles. The van der Waals surface area contributed by atoms with E-state index in [1.165, 1.54) is 7.11 Å². The van der Waals surface area contributed by atoms with Gasteiger partial charge in [-0.2, -0.15) is 0 Å². The van der Waals surface area contributed by atoms with Crippen molar-refractivity contribution in [1.82, 2.24) is 0 Å². The summed E-state index contributed by atoms with van der Waals surface area (Å²) in [6.07, 6.45) is 2.39. The molecule has 0 atom stereocenters. The summed E-state index contributed by atoms with van der Waals surface area (Å²) >= 11 is 0. The Labute approximate surface area is 93.8 Å². The second-order valence-corrected chi connectivity index (χ2v) is 3.79. The van der Waals surface area contributed by atoms with E-state index < -0.39 is 5.97 Å². The monoisotopic (exact) mass is 222 g/mol. The smallest absolute Gasteiger partial charge is 0.337 e. The van der Waals surface area contributed by atoms with Crippen LogP contribution in [0, 0.1) is 0 Å². The van der Waals surface area contributed by atoms with Gasteiger partial charge < -0.3 is 14.6 Å². The number of methoxy groups -OCH3 is 1.